The van der Waals surface area contributed by atoms with E-state index >= 15 is 0 Å². The lowest BCUT2D eigenvalue weighted by atomic mass is 10.2. The van der Waals surface area contributed by atoms with Gasteiger partial charge in [-0.05, 0) is 50.6 Å². The van der Waals surface area contributed by atoms with Gasteiger partial charge in [-0.1, -0.05) is 29.8 Å². The quantitative estimate of drug-likeness (QED) is 0.431. The third-order valence-electron chi connectivity index (χ3n) is 3.58. The number of aryl methyl sites for hydroxylation is 2. The van der Waals surface area contributed by atoms with Crippen molar-refractivity contribution >= 4 is 34.8 Å². The first-order valence-corrected chi connectivity index (χ1v) is 8.41. The minimum Gasteiger partial charge on any atom is -0.326 e. The second-order valence-corrected chi connectivity index (χ2v) is 6.20. The van der Waals surface area contributed by atoms with E-state index in [0.29, 0.717) is 17.1 Å². The Morgan fingerprint density at radius 3 is 2.22 bits per heavy atom. The number of benzene rings is 2. The first-order chi connectivity index (χ1) is 12.8. The van der Waals surface area contributed by atoms with Crippen LogP contribution in [0, 0.1) is 13.8 Å². The Kier molecular flexibility index (Phi) is 6.82. The van der Waals surface area contributed by atoms with Crippen LogP contribution in [0.4, 0.5) is 11.4 Å². The van der Waals surface area contributed by atoms with Crippen molar-refractivity contribution in [2.45, 2.75) is 27.2 Å². The van der Waals surface area contributed by atoms with Gasteiger partial charge in [-0.25, -0.2) is 5.43 Å². The Hall–Kier alpha value is -3.48. The largest absolute Gasteiger partial charge is 0.329 e. The molecule has 0 bridgehead atoms. The van der Waals surface area contributed by atoms with Crippen LogP contribution in [-0.4, -0.2) is 23.4 Å². The van der Waals surface area contributed by atoms with Gasteiger partial charge in [0.1, 0.15) is 0 Å². The lowest BCUT2D eigenvalue weighted by Crippen LogP contribution is -2.33. The maximum Gasteiger partial charge on any atom is 0.329 e. The molecule has 0 aliphatic heterocycles. The molecule has 3 amide bonds. The number of nitrogens with one attached hydrogen (secondary N) is 3. The van der Waals surface area contributed by atoms with Gasteiger partial charge in [0.25, 0.3) is 0 Å². The lowest BCUT2D eigenvalue weighted by molar-refractivity contribution is -0.136. The van der Waals surface area contributed by atoms with Crippen LogP contribution >= 0.6 is 0 Å². The van der Waals surface area contributed by atoms with Crippen molar-refractivity contribution in [1.29, 1.82) is 0 Å². The number of carbonyl (C=O) groups is 3. The summed E-state index contributed by atoms with van der Waals surface area (Å²) < 4.78 is 0. The smallest absolute Gasteiger partial charge is 0.326 e. The van der Waals surface area contributed by atoms with Crippen LogP contribution in [0.1, 0.15) is 24.5 Å². The predicted molar refractivity (Wildman–Crippen MR) is 105 cm³/mol. The molecule has 0 saturated carbocycles. The second kappa shape index (κ2) is 9.28. The highest BCUT2D eigenvalue weighted by Crippen LogP contribution is 2.10. The minimum atomic E-state index is -0.908. The Bertz CT molecular complexity index is 873. The Morgan fingerprint density at radius 2 is 1.56 bits per heavy atom. The molecule has 0 atom stereocenters. The van der Waals surface area contributed by atoms with Crippen LogP contribution in [0.3, 0.4) is 0 Å². The fourth-order valence-corrected chi connectivity index (χ4v) is 2.22. The summed E-state index contributed by atoms with van der Waals surface area (Å²) in [6.07, 6.45) is -0.00629. The summed E-state index contributed by atoms with van der Waals surface area (Å²) in [4.78, 5) is 35.6. The molecular formula is C20H22N4O3. The molecule has 0 aliphatic carbocycles. The molecule has 0 radical (unpaired) electrons. The van der Waals surface area contributed by atoms with Crippen molar-refractivity contribution in [2.75, 3.05) is 10.6 Å². The van der Waals surface area contributed by atoms with Gasteiger partial charge in [-0.2, -0.15) is 5.10 Å². The van der Waals surface area contributed by atoms with Gasteiger partial charge in [0, 0.05) is 17.1 Å². The van der Waals surface area contributed by atoms with Crippen molar-refractivity contribution < 1.29 is 14.4 Å². The van der Waals surface area contributed by atoms with E-state index in [9.17, 15) is 14.4 Å². The molecule has 0 spiro atoms. The maximum absolute atomic E-state index is 12.0. The molecule has 7 nitrogen and oxygen atoms in total. The first kappa shape index (κ1) is 19.8. The summed E-state index contributed by atoms with van der Waals surface area (Å²) in [5, 5.41) is 9.02. The highest BCUT2D eigenvalue weighted by atomic mass is 16.2. The third kappa shape index (κ3) is 6.74. The number of hydrazone groups is 1. The molecule has 27 heavy (non-hydrogen) atoms. The van der Waals surface area contributed by atoms with Gasteiger partial charge in [0.05, 0.1) is 6.42 Å². The van der Waals surface area contributed by atoms with E-state index in [-0.39, 0.29) is 12.3 Å². The normalized spacial score (nSPS) is 10.9. The fourth-order valence-electron chi connectivity index (χ4n) is 2.22. The van der Waals surface area contributed by atoms with Gasteiger partial charge in [-0.15, -0.1) is 0 Å². The number of anilines is 2. The summed E-state index contributed by atoms with van der Waals surface area (Å²) in [7, 11) is 0. The molecule has 2 aromatic rings. The Balaban J connectivity index is 1.82. The summed E-state index contributed by atoms with van der Waals surface area (Å²) in [5.41, 5.74) is 5.78. The summed E-state index contributed by atoms with van der Waals surface area (Å²) in [5.74, 6) is -2.00. The SMILES string of the molecule is CC(CC(=O)Nc1ccc(C)cc1)=NNC(=O)C(=O)Nc1cccc(C)c1. The first-order valence-electron chi connectivity index (χ1n) is 8.41. The number of hydrogen-bond acceptors (Lipinski definition) is 4. The van der Waals surface area contributed by atoms with Gasteiger partial charge in [0.15, 0.2) is 0 Å². The highest BCUT2D eigenvalue weighted by Gasteiger charge is 2.13. The molecule has 0 aliphatic rings. The second-order valence-electron chi connectivity index (χ2n) is 6.20. The van der Waals surface area contributed by atoms with Gasteiger partial charge in [-0.3, -0.25) is 14.4 Å². The molecule has 3 N–H and O–H groups in total. The summed E-state index contributed by atoms with van der Waals surface area (Å²) >= 11 is 0. The molecule has 0 unspecified atom stereocenters. The number of hydrogen-bond donors (Lipinski definition) is 3. The number of nitrogens with zero attached hydrogens (tertiary/aromatic N) is 1. The van der Waals surface area contributed by atoms with E-state index in [1.165, 1.54) is 0 Å². The van der Waals surface area contributed by atoms with Crippen LogP contribution in [0.5, 0.6) is 0 Å². The topological polar surface area (TPSA) is 99.7 Å². The summed E-state index contributed by atoms with van der Waals surface area (Å²) in [6, 6.07) is 14.5. The van der Waals surface area contributed by atoms with Gasteiger partial charge >= 0.3 is 11.8 Å². The Morgan fingerprint density at radius 1 is 0.852 bits per heavy atom. The van der Waals surface area contributed by atoms with Gasteiger partial charge in [0.2, 0.25) is 5.91 Å². The predicted octanol–water partition coefficient (Wildman–Crippen LogP) is 2.76. The Labute approximate surface area is 157 Å². The maximum atomic E-state index is 12.0. The minimum absolute atomic E-state index is 0.00629. The van der Waals surface area contributed by atoms with Crippen molar-refractivity contribution in [3.8, 4) is 0 Å². The zero-order valence-corrected chi connectivity index (χ0v) is 15.5. The van der Waals surface area contributed by atoms with Crippen LogP contribution < -0.4 is 16.1 Å². The van der Waals surface area contributed by atoms with Crippen molar-refractivity contribution in [3.05, 3.63) is 59.7 Å². The number of amides is 3. The molecule has 0 fully saturated rings. The molecule has 7 heteroatoms. The van der Waals surface area contributed by atoms with E-state index in [4.69, 9.17) is 0 Å². The highest BCUT2D eigenvalue weighted by molar-refractivity contribution is 6.39. The number of rotatable bonds is 5. The molecular weight excluding hydrogens is 344 g/mol. The average molecular weight is 366 g/mol. The van der Waals surface area contributed by atoms with Gasteiger partial charge < -0.3 is 10.6 Å². The third-order valence-corrected chi connectivity index (χ3v) is 3.58. The molecule has 0 heterocycles. The zero-order chi connectivity index (χ0) is 19.8. The molecule has 2 aromatic carbocycles. The van der Waals surface area contributed by atoms with Crippen molar-refractivity contribution in [1.82, 2.24) is 5.43 Å². The molecule has 0 saturated heterocycles. The molecule has 140 valence electrons. The number of carbonyl (C=O) groups excluding carboxylic acids is 3. The van der Waals surface area contributed by atoms with E-state index in [0.717, 1.165) is 11.1 Å². The molecule has 2 rings (SSSR count). The van der Waals surface area contributed by atoms with Crippen LogP contribution in [0.25, 0.3) is 0 Å². The van der Waals surface area contributed by atoms with Crippen LogP contribution in [-0.2, 0) is 14.4 Å². The average Bonchev–Trinajstić information content (AvgIpc) is 2.61. The monoisotopic (exact) mass is 366 g/mol. The van der Waals surface area contributed by atoms with Crippen molar-refractivity contribution in [3.63, 3.8) is 0 Å². The van der Waals surface area contributed by atoms with E-state index in [1.54, 1.807) is 37.3 Å². The van der Waals surface area contributed by atoms with Crippen LogP contribution in [0.15, 0.2) is 53.6 Å². The molecule has 0 aromatic heterocycles. The summed E-state index contributed by atoms with van der Waals surface area (Å²) in [6.45, 7) is 5.43. The van der Waals surface area contributed by atoms with E-state index in [1.807, 2.05) is 32.0 Å². The standard InChI is InChI=1S/C20H22N4O3/c1-13-7-9-16(10-8-13)21-18(25)12-15(3)23-24-20(27)19(26)22-17-6-4-5-14(2)11-17/h4-11H,12H2,1-3H3,(H,21,25)(H,22,26)(H,24,27). The van der Waals surface area contributed by atoms with Crippen molar-refractivity contribution in [2.24, 2.45) is 5.10 Å². The zero-order valence-electron chi connectivity index (χ0n) is 15.5. The van der Waals surface area contributed by atoms with E-state index < -0.39 is 11.8 Å². The lowest BCUT2D eigenvalue weighted by Gasteiger charge is -2.06. The van der Waals surface area contributed by atoms with Crippen LogP contribution in [0.2, 0.25) is 0 Å². The van der Waals surface area contributed by atoms with E-state index in [2.05, 4.69) is 21.2 Å². The fraction of sp³-hybridized carbons (Fsp3) is 0.200.